The highest BCUT2D eigenvalue weighted by atomic mass is 16.6. The quantitative estimate of drug-likeness (QED) is 0.0348. The van der Waals surface area contributed by atoms with Gasteiger partial charge in [0, 0.05) is 13.0 Å². The summed E-state index contributed by atoms with van der Waals surface area (Å²) in [6.07, 6.45) is 74.6. The van der Waals surface area contributed by atoms with Gasteiger partial charge in [0.25, 0.3) is 0 Å². The van der Waals surface area contributed by atoms with E-state index in [1.807, 2.05) is 18.2 Å². The van der Waals surface area contributed by atoms with Crippen LogP contribution in [-0.2, 0) is 23.8 Å². The highest BCUT2D eigenvalue weighted by molar-refractivity contribution is 5.71. The molecule has 0 bridgehead atoms. The third kappa shape index (κ3) is 48.4. The third-order valence-corrected chi connectivity index (χ3v) is 9.39. The number of carbonyl (C=O) groups is 2. The summed E-state index contributed by atoms with van der Waals surface area (Å²) >= 11 is 0. The molecule has 0 amide bonds. The molecule has 5 nitrogen and oxygen atoms in total. The predicted octanol–water partition coefficient (Wildman–Crippen LogP) is 16.6. The zero-order chi connectivity index (χ0) is 44.9. The first-order chi connectivity index (χ1) is 30.6. The van der Waals surface area contributed by atoms with Gasteiger partial charge in [-0.2, -0.15) is 0 Å². The highest BCUT2D eigenvalue weighted by Gasteiger charge is 2.17. The van der Waals surface area contributed by atoms with E-state index >= 15 is 0 Å². The van der Waals surface area contributed by atoms with Crippen LogP contribution in [0.2, 0.25) is 0 Å². The monoisotopic (exact) mass is 853 g/mol. The van der Waals surface area contributed by atoms with Gasteiger partial charge < -0.3 is 14.2 Å². The van der Waals surface area contributed by atoms with Crippen LogP contribution in [0.1, 0.15) is 175 Å². The number of carbonyl (C=O) groups excluding carboxylic acids is 2. The van der Waals surface area contributed by atoms with E-state index in [0.29, 0.717) is 13.0 Å². The molecule has 5 heteroatoms. The number of allylic oxidation sites excluding steroid dienone is 23. The van der Waals surface area contributed by atoms with Gasteiger partial charge in [-0.1, -0.05) is 205 Å². The first kappa shape index (κ1) is 57.8. The van der Waals surface area contributed by atoms with Gasteiger partial charge in [0.1, 0.15) is 6.61 Å². The molecule has 0 saturated carbocycles. The minimum absolute atomic E-state index is 0.00706. The summed E-state index contributed by atoms with van der Waals surface area (Å²) in [5.41, 5.74) is 0. The van der Waals surface area contributed by atoms with E-state index < -0.39 is 6.10 Å². The lowest BCUT2D eigenvalue weighted by molar-refractivity contribution is -0.162. The van der Waals surface area contributed by atoms with Crippen molar-refractivity contribution >= 4 is 11.9 Å². The molecule has 0 aromatic heterocycles. The molecule has 0 aromatic carbocycles. The van der Waals surface area contributed by atoms with Crippen LogP contribution >= 0.6 is 0 Å². The van der Waals surface area contributed by atoms with Gasteiger partial charge >= 0.3 is 11.9 Å². The molecule has 0 aliphatic heterocycles. The molecule has 0 fully saturated rings. The van der Waals surface area contributed by atoms with Crippen molar-refractivity contribution in [2.75, 3.05) is 19.8 Å². The SMILES string of the molecule is CC/C=C\C/C=C\C/C=C\C/C=C\C/C=C\C/C=C\CCC(=O)OCC(COCCCCCCCC/C=C\CCCC)OC(=O)C/C=C\C/C=C\C/C=C\C/C=C\C/C=C\CC. The van der Waals surface area contributed by atoms with Crippen LogP contribution in [0.3, 0.4) is 0 Å². The Bertz CT molecular complexity index is 1380. The first-order valence-corrected chi connectivity index (χ1v) is 24.4. The zero-order valence-electron chi connectivity index (χ0n) is 39.6. The van der Waals surface area contributed by atoms with Crippen molar-refractivity contribution in [2.24, 2.45) is 0 Å². The van der Waals surface area contributed by atoms with Gasteiger partial charge in [0.05, 0.1) is 13.0 Å². The number of esters is 2. The molecule has 0 rings (SSSR count). The Hall–Kier alpha value is -4.22. The minimum Gasteiger partial charge on any atom is -0.462 e. The molecule has 62 heavy (non-hydrogen) atoms. The Morgan fingerprint density at radius 3 is 1.24 bits per heavy atom. The fraction of sp³-hybridized carbons (Fsp3) is 0.544. The van der Waals surface area contributed by atoms with Crippen LogP contribution < -0.4 is 0 Å². The van der Waals surface area contributed by atoms with E-state index in [1.165, 1.54) is 51.4 Å². The normalized spacial score (nSPS) is 13.5. The molecule has 1 atom stereocenters. The molecule has 0 N–H and O–H groups in total. The van der Waals surface area contributed by atoms with E-state index in [4.69, 9.17) is 14.2 Å². The molecule has 0 radical (unpaired) electrons. The second-order valence-electron chi connectivity index (χ2n) is 15.3. The summed E-state index contributed by atoms with van der Waals surface area (Å²) in [5, 5.41) is 0. The van der Waals surface area contributed by atoms with Crippen LogP contribution in [0.4, 0.5) is 0 Å². The molecule has 0 heterocycles. The number of unbranched alkanes of at least 4 members (excludes halogenated alkanes) is 8. The fourth-order valence-corrected chi connectivity index (χ4v) is 5.83. The zero-order valence-corrected chi connectivity index (χ0v) is 39.6. The van der Waals surface area contributed by atoms with E-state index in [1.54, 1.807) is 0 Å². The van der Waals surface area contributed by atoms with Gasteiger partial charge in [0.2, 0.25) is 0 Å². The standard InChI is InChI=1S/C57H88O5/c1-4-7-10-13-16-19-22-25-27-28-29-30-32-33-35-38-41-44-47-50-56(58)61-54-55(53-60-52-49-46-43-40-37-24-21-18-15-12-9-6-3)62-57(59)51-48-45-42-39-36-34-31-26-23-20-17-14-11-8-5-2/h7-8,10-11,15-20,25-27,29-31,33,35-36,39,41,44-45,48,55H,4-6,9,12-14,21-24,28,32,34,37-38,40,42-43,46-47,49-54H2,1-3H3/b10-7-,11-8-,18-15-,19-16-,20-17-,27-25-,30-29-,31-26-,35-33-,39-36-,44-41-,48-45-. The van der Waals surface area contributed by atoms with Crippen LogP contribution in [0.25, 0.3) is 0 Å². The second-order valence-corrected chi connectivity index (χ2v) is 15.3. The predicted molar refractivity (Wildman–Crippen MR) is 269 cm³/mol. The number of ether oxygens (including phenoxy) is 3. The van der Waals surface area contributed by atoms with Crippen LogP contribution in [0, 0.1) is 0 Å². The minimum atomic E-state index is -0.634. The second kappa shape index (κ2) is 51.1. The van der Waals surface area contributed by atoms with Crippen molar-refractivity contribution in [3.05, 3.63) is 146 Å². The Morgan fingerprint density at radius 2 is 0.774 bits per heavy atom. The van der Waals surface area contributed by atoms with Gasteiger partial charge in [-0.25, -0.2) is 0 Å². The number of rotatable bonds is 42. The molecular formula is C57H88O5. The molecule has 0 aromatic rings. The molecular weight excluding hydrogens is 765 g/mol. The van der Waals surface area contributed by atoms with Crippen molar-refractivity contribution in [1.82, 2.24) is 0 Å². The lowest BCUT2D eigenvalue weighted by Crippen LogP contribution is -2.29. The lowest BCUT2D eigenvalue weighted by Gasteiger charge is -2.18. The van der Waals surface area contributed by atoms with E-state index in [-0.39, 0.29) is 38.0 Å². The summed E-state index contributed by atoms with van der Waals surface area (Å²) in [7, 11) is 0. The smallest absolute Gasteiger partial charge is 0.310 e. The lowest BCUT2D eigenvalue weighted by atomic mass is 10.1. The third-order valence-electron chi connectivity index (χ3n) is 9.39. The van der Waals surface area contributed by atoms with Crippen molar-refractivity contribution in [3.63, 3.8) is 0 Å². The van der Waals surface area contributed by atoms with E-state index in [0.717, 1.165) is 83.5 Å². The fourth-order valence-electron chi connectivity index (χ4n) is 5.83. The van der Waals surface area contributed by atoms with Gasteiger partial charge in [-0.15, -0.1) is 0 Å². The van der Waals surface area contributed by atoms with Crippen LogP contribution in [-0.4, -0.2) is 37.9 Å². The van der Waals surface area contributed by atoms with Crippen LogP contribution in [0.15, 0.2) is 146 Å². The first-order valence-electron chi connectivity index (χ1n) is 24.4. The maximum absolute atomic E-state index is 12.7. The average Bonchev–Trinajstić information content (AvgIpc) is 3.27. The van der Waals surface area contributed by atoms with Crippen molar-refractivity contribution in [2.45, 2.75) is 181 Å². The Morgan fingerprint density at radius 1 is 0.387 bits per heavy atom. The van der Waals surface area contributed by atoms with Crippen molar-refractivity contribution in [1.29, 1.82) is 0 Å². The van der Waals surface area contributed by atoms with Crippen LogP contribution in [0.5, 0.6) is 0 Å². The summed E-state index contributed by atoms with van der Waals surface area (Å²) < 4.78 is 17.2. The molecule has 0 saturated heterocycles. The maximum Gasteiger partial charge on any atom is 0.310 e. The molecule has 346 valence electrons. The topological polar surface area (TPSA) is 61.8 Å². The van der Waals surface area contributed by atoms with Crippen molar-refractivity contribution < 1.29 is 23.8 Å². The summed E-state index contributed by atoms with van der Waals surface area (Å²) in [6, 6.07) is 0. The summed E-state index contributed by atoms with van der Waals surface area (Å²) in [5.74, 6) is -0.658. The van der Waals surface area contributed by atoms with E-state index in [9.17, 15) is 9.59 Å². The number of hydrogen-bond acceptors (Lipinski definition) is 5. The average molecular weight is 853 g/mol. The maximum atomic E-state index is 12.7. The largest absolute Gasteiger partial charge is 0.462 e. The van der Waals surface area contributed by atoms with Crippen molar-refractivity contribution in [3.8, 4) is 0 Å². The molecule has 1 unspecified atom stereocenters. The number of hydrogen-bond donors (Lipinski definition) is 0. The highest BCUT2D eigenvalue weighted by Crippen LogP contribution is 2.10. The van der Waals surface area contributed by atoms with Gasteiger partial charge in [0.15, 0.2) is 6.10 Å². The Kier molecular flexibility index (Phi) is 47.7. The summed E-state index contributed by atoms with van der Waals surface area (Å²) in [4.78, 5) is 25.3. The molecule has 0 aliphatic rings. The van der Waals surface area contributed by atoms with E-state index in [2.05, 4.69) is 148 Å². The molecule has 0 spiro atoms. The Balaban J connectivity index is 4.54. The van der Waals surface area contributed by atoms with Gasteiger partial charge in [-0.05, 0) is 103 Å². The Labute approximate surface area is 381 Å². The molecule has 0 aliphatic carbocycles. The summed E-state index contributed by atoms with van der Waals surface area (Å²) in [6.45, 7) is 7.33. The van der Waals surface area contributed by atoms with Gasteiger partial charge in [-0.3, -0.25) is 9.59 Å².